The second kappa shape index (κ2) is 5.78. The van der Waals surface area contributed by atoms with Crippen LogP contribution >= 0.6 is 0 Å². The van der Waals surface area contributed by atoms with E-state index in [1.807, 2.05) is 5.32 Å². The molecule has 0 saturated heterocycles. The van der Waals surface area contributed by atoms with Crippen molar-refractivity contribution in [2.75, 3.05) is 11.9 Å². The van der Waals surface area contributed by atoms with Crippen LogP contribution in [-0.4, -0.2) is 30.0 Å². The summed E-state index contributed by atoms with van der Waals surface area (Å²) in [5, 5.41) is 10.3. The van der Waals surface area contributed by atoms with E-state index in [0.29, 0.717) is 0 Å². The van der Waals surface area contributed by atoms with Gasteiger partial charge in [-0.25, -0.2) is 4.79 Å². The van der Waals surface area contributed by atoms with Gasteiger partial charge < -0.3 is 15.2 Å². The molecule has 1 aromatic carbocycles. The third-order valence-corrected chi connectivity index (χ3v) is 1.68. The topological polar surface area (TPSA) is 75.6 Å². The lowest BCUT2D eigenvalue weighted by Crippen LogP contribution is -2.19. The molecule has 17 heavy (non-hydrogen) atoms. The van der Waals surface area contributed by atoms with E-state index < -0.39 is 24.9 Å². The number of halogens is 2. The van der Waals surface area contributed by atoms with E-state index in [-0.39, 0.29) is 11.4 Å². The van der Waals surface area contributed by atoms with Crippen molar-refractivity contribution in [3.05, 3.63) is 24.3 Å². The molecule has 0 aliphatic heterocycles. The Kier molecular flexibility index (Phi) is 4.38. The van der Waals surface area contributed by atoms with Crippen LogP contribution in [0.2, 0.25) is 0 Å². The Hall–Kier alpha value is -2.18. The summed E-state index contributed by atoms with van der Waals surface area (Å²) >= 11 is 0. The fourth-order valence-corrected chi connectivity index (χ4v) is 0.976. The van der Waals surface area contributed by atoms with Crippen LogP contribution in [0.25, 0.3) is 0 Å². The number of ether oxygens (including phenoxy) is 1. The molecule has 1 aromatic rings. The summed E-state index contributed by atoms with van der Waals surface area (Å²) in [4.78, 5) is 20.8. The fraction of sp³-hybridized carbons (Fsp3) is 0.200. The molecule has 0 heterocycles. The molecular weight excluding hydrogens is 236 g/mol. The second-order valence-electron chi connectivity index (χ2n) is 3.00. The van der Waals surface area contributed by atoms with Gasteiger partial charge in [0.05, 0.1) is 0 Å². The average molecular weight is 245 g/mol. The molecule has 2 N–H and O–H groups in total. The van der Waals surface area contributed by atoms with E-state index in [0.717, 1.165) is 0 Å². The average Bonchev–Trinajstić information content (AvgIpc) is 2.28. The van der Waals surface area contributed by atoms with Gasteiger partial charge in [-0.05, 0) is 24.3 Å². The van der Waals surface area contributed by atoms with Crippen LogP contribution in [-0.2, 0) is 9.59 Å². The van der Waals surface area contributed by atoms with Crippen LogP contribution in [0.4, 0.5) is 14.5 Å². The van der Waals surface area contributed by atoms with Gasteiger partial charge in [0.2, 0.25) is 0 Å². The number of hydrogen-bond acceptors (Lipinski definition) is 3. The van der Waals surface area contributed by atoms with Crippen LogP contribution in [0, 0.1) is 0 Å². The summed E-state index contributed by atoms with van der Waals surface area (Å²) in [6, 6.07) is 5.39. The number of aliphatic carboxylic acids is 1. The number of hydrogen-bond donors (Lipinski definition) is 2. The number of alkyl halides is 2. The maximum absolute atomic E-state index is 11.9. The van der Waals surface area contributed by atoms with Crippen molar-refractivity contribution in [1.82, 2.24) is 0 Å². The number of anilines is 1. The highest BCUT2D eigenvalue weighted by Gasteiger charge is 2.14. The molecule has 0 aliphatic rings. The summed E-state index contributed by atoms with van der Waals surface area (Å²) < 4.78 is 28.6. The van der Waals surface area contributed by atoms with Gasteiger partial charge in [0, 0.05) is 5.69 Å². The first-order valence-corrected chi connectivity index (χ1v) is 4.52. The minimum Gasteiger partial charge on any atom is -0.482 e. The first-order valence-electron chi connectivity index (χ1n) is 4.52. The minimum atomic E-state index is -3.09. The third-order valence-electron chi connectivity index (χ3n) is 1.68. The lowest BCUT2D eigenvalue weighted by atomic mass is 10.3. The molecule has 0 unspecified atom stereocenters. The molecule has 1 rings (SSSR count). The van der Waals surface area contributed by atoms with Crippen molar-refractivity contribution in [1.29, 1.82) is 0 Å². The maximum atomic E-state index is 11.9. The van der Waals surface area contributed by atoms with E-state index in [2.05, 4.69) is 0 Å². The van der Waals surface area contributed by atoms with Crippen molar-refractivity contribution >= 4 is 17.6 Å². The molecule has 0 aromatic heterocycles. The number of nitrogens with one attached hydrogen (secondary N) is 1. The molecule has 92 valence electrons. The van der Waals surface area contributed by atoms with Gasteiger partial charge in [-0.15, -0.1) is 0 Å². The Balaban J connectivity index is 2.56. The summed E-state index contributed by atoms with van der Waals surface area (Å²) in [7, 11) is 0. The minimum absolute atomic E-state index is 0.179. The monoisotopic (exact) mass is 245 g/mol. The summed E-state index contributed by atoms with van der Waals surface area (Å²) in [5.41, 5.74) is 0.179. The molecule has 0 fully saturated rings. The van der Waals surface area contributed by atoms with Gasteiger partial charge in [-0.2, -0.15) is 8.78 Å². The predicted octanol–water partition coefficient (Wildman–Crippen LogP) is 1.35. The highest BCUT2D eigenvalue weighted by molar-refractivity contribution is 5.93. The second-order valence-corrected chi connectivity index (χ2v) is 3.00. The standard InChI is InChI=1S/C10H9F2NO4/c11-9(12)10(16)13-6-1-3-7(4-2-6)17-5-8(14)15/h1-4,9H,5H2,(H,13,16)(H,14,15). The molecule has 0 atom stereocenters. The van der Waals surface area contributed by atoms with E-state index in [4.69, 9.17) is 9.84 Å². The molecule has 0 spiro atoms. The zero-order valence-electron chi connectivity index (χ0n) is 8.52. The molecule has 0 aliphatic carbocycles. The SMILES string of the molecule is O=C(O)COc1ccc(NC(=O)C(F)F)cc1. The Morgan fingerprint density at radius 3 is 2.35 bits per heavy atom. The molecule has 0 radical (unpaired) electrons. The molecule has 5 nitrogen and oxygen atoms in total. The van der Waals surface area contributed by atoms with Gasteiger partial charge in [0.1, 0.15) is 5.75 Å². The molecule has 1 amide bonds. The van der Waals surface area contributed by atoms with Crippen molar-refractivity contribution in [3.8, 4) is 5.75 Å². The van der Waals surface area contributed by atoms with Crippen LogP contribution < -0.4 is 10.1 Å². The quantitative estimate of drug-likeness (QED) is 0.821. The number of rotatable bonds is 5. The van der Waals surface area contributed by atoms with Crippen LogP contribution in [0.15, 0.2) is 24.3 Å². The highest BCUT2D eigenvalue weighted by Crippen LogP contribution is 2.16. The Morgan fingerprint density at radius 1 is 1.29 bits per heavy atom. The van der Waals surface area contributed by atoms with Gasteiger partial charge >= 0.3 is 12.4 Å². The first-order chi connectivity index (χ1) is 7.99. The third kappa shape index (κ3) is 4.45. The number of carbonyl (C=O) groups is 2. The number of carbonyl (C=O) groups excluding carboxylic acids is 1. The van der Waals surface area contributed by atoms with E-state index in [9.17, 15) is 18.4 Å². The van der Waals surface area contributed by atoms with Crippen LogP contribution in [0.3, 0.4) is 0 Å². The smallest absolute Gasteiger partial charge is 0.341 e. The summed E-state index contributed by atoms with van der Waals surface area (Å²) in [6.45, 7) is -0.497. The Morgan fingerprint density at radius 2 is 1.88 bits per heavy atom. The van der Waals surface area contributed by atoms with E-state index in [1.54, 1.807) is 0 Å². The number of amides is 1. The van der Waals surface area contributed by atoms with Crippen molar-refractivity contribution in [3.63, 3.8) is 0 Å². The zero-order valence-corrected chi connectivity index (χ0v) is 8.52. The molecular formula is C10H9F2NO4. The fourth-order valence-electron chi connectivity index (χ4n) is 0.976. The van der Waals surface area contributed by atoms with Gasteiger partial charge in [0.25, 0.3) is 5.91 Å². The first kappa shape index (κ1) is 12.9. The number of carboxylic acids is 1. The number of benzene rings is 1. The van der Waals surface area contributed by atoms with Gasteiger partial charge in [-0.1, -0.05) is 0 Å². The van der Waals surface area contributed by atoms with Gasteiger partial charge in [0.15, 0.2) is 6.61 Å². The largest absolute Gasteiger partial charge is 0.482 e. The summed E-state index contributed by atoms with van der Waals surface area (Å²) in [6.07, 6.45) is -3.09. The molecule has 0 saturated carbocycles. The normalized spacial score (nSPS) is 10.1. The highest BCUT2D eigenvalue weighted by atomic mass is 19.3. The molecule has 0 bridgehead atoms. The Bertz CT molecular complexity index is 405. The summed E-state index contributed by atoms with van der Waals surface area (Å²) in [5.74, 6) is -2.26. The number of carboxylic acid groups (broad SMARTS) is 1. The Labute approximate surface area is 95.0 Å². The van der Waals surface area contributed by atoms with Gasteiger partial charge in [-0.3, -0.25) is 4.79 Å². The zero-order chi connectivity index (χ0) is 12.8. The van der Waals surface area contributed by atoms with Crippen molar-refractivity contribution in [2.24, 2.45) is 0 Å². The van der Waals surface area contributed by atoms with E-state index >= 15 is 0 Å². The van der Waals surface area contributed by atoms with Crippen molar-refractivity contribution in [2.45, 2.75) is 6.43 Å². The maximum Gasteiger partial charge on any atom is 0.341 e. The van der Waals surface area contributed by atoms with Crippen LogP contribution in [0.1, 0.15) is 0 Å². The predicted molar refractivity (Wildman–Crippen MR) is 54.2 cm³/mol. The lowest BCUT2D eigenvalue weighted by molar-refractivity contribution is -0.139. The lowest BCUT2D eigenvalue weighted by Gasteiger charge is -2.06. The van der Waals surface area contributed by atoms with Crippen molar-refractivity contribution < 1.29 is 28.2 Å². The van der Waals surface area contributed by atoms with E-state index in [1.165, 1.54) is 24.3 Å². The molecule has 7 heteroatoms. The van der Waals surface area contributed by atoms with Crippen LogP contribution in [0.5, 0.6) is 5.75 Å².